The van der Waals surface area contributed by atoms with Crippen LogP contribution in [0.2, 0.25) is 0 Å². The van der Waals surface area contributed by atoms with Gasteiger partial charge >= 0.3 is 0 Å². The first-order valence-corrected chi connectivity index (χ1v) is 4.84. The molecule has 4 heteroatoms. The van der Waals surface area contributed by atoms with Crippen LogP contribution < -0.4 is 0 Å². The van der Waals surface area contributed by atoms with Crippen LogP contribution >= 0.6 is 15.9 Å². The Hall–Kier alpha value is -0.380. The van der Waals surface area contributed by atoms with Gasteiger partial charge < -0.3 is 4.57 Å². The molecule has 0 atom stereocenters. The molecule has 0 N–H and O–H groups in total. The van der Waals surface area contributed by atoms with Crippen molar-refractivity contribution in [2.45, 2.75) is 25.1 Å². The smallest absolute Gasteiger partial charge is 0.143 e. The molecule has 0 radical (unpaired) electrons. The van der Waals surface area contributed by atoms with Gasteiger partial charge in [0.2, 0.25) is 0 Å². The van der Waals surface area contributed by atoms with Crippen LogP contribution in [0.1, 0.15) is 25.0 Å². The molecule has 62 valence electrons. The zero-order valence-corrected chi connectivity index (χ0v) is 8.43. The van der Waals surface area contributed by atoms with Gasteiger partial charge in [0.25, 0.3) is 0 Å². The van der Waals surface area contributed by atoms with Gasteiger partial charge in [0.15, 0.2) is 0 Å². The molecule has 0 saturated carbocycles. The van der Waals surface area contributed by atoms with Crippen LogP contribution in [0.4, 0.5) is 0 Å². The average Bonchev–Trinajstić information content (AvgIpc) is 2.34. The van der Waals surface area contributed by atoms with E-state index in [0.717, 1.165) is 29.8 Å². The quantitative estimate of drug-likeness (QED) is 0.722. The predicted molar refractivity (Wildman–Crippen MR) is 47.6 cm³/mol. The molecule has 0 saturated heterocycles. The van der Waals surface area contributed by atoms with E-state index in [0.29, 0.717) is 0 Å². The van der Waals surface area contributed by atoms with Crippen molar-refractivity contribution in [1.29, 1.82) is 0 Å². The molecular formula is C7H12BrN3. The van der Waals surface area contributed by atoms with Gasteiger partial charge in [0, 0.05) is 13.5 Å². The van der Waals surface area contributed by atoms with Crippen molar-refractivity contribution < 1.29 is 0 Å². The number of hydrogen-bond acceptors (Lipinski definition) is 2. The molecule has 0 aliphatic rings. The number of hydrogen-bond donors (Lipinski definition) is 0. The summed E-state index contributed by atoms with van der Waals surface area (Å²) in [5.74, 6) is 2.07. The molecule has 0 amide bonds. The second kappa shape index (κ2) is 3.85. The maximum absolute atomic E-state index is 4.06. The topological polar surface area (TPSA) is 30.7 Å². The lowest BCUT2D eigenvalue weighted by Crippen LogP contribution is -2.00. The van der Waals surface area contributed by atoms with Crippen molar-refractivity contribution in [3.63, 3.8) is 0 Å². The molecule has 0 spiro atoms. The Morgan fingerprint density at radius 3 is 2.45 bits per heavy atom. The summed E-state index contributed by atoms with van der Waals surface area (Å²) in [6, 6.07) is 0. The SMILES string of the molecule is CCCc1nnc(CBr)n1C. The molecule has 0 bridgehead atoms. The highest BCUT2D eigenvalue weighted by Crippen LogP contribution is 2.04. The van der Waals surface area contributed by atoms with Crippen molar-refractivity contribution in [3.05, 3.63) is 11.6 Å². The number of alkyl halides is 1. The monoisotopic (exact) mass is 217 g/mol. The Kier molecular flexibility index (Phi) is 3.05. The van der Waals surface area contributed by atoms with E-state index in [9.17, 15) is 0 Å². The Balaban J connectivity index is 2.82. The highest BCUT2D eigenvalue weighted by atomic mass is 79.9. The minimum absolute atomic E-state index is 0.778. The molecule has 1 rings (SSSR count). The van der Waals surface area contributed by atoms with E-state index in [2.05, 4.69) is 33.1 Å². The summed E-state index contributed by atoms with van der Waals surface area (Å²) in [6.45, 7) is 2.14. The minimum Gasteiger partial charge on any atom is -0.317 e. The van der Waals surface area contributed by atoms with Gasteiger partial charge in [-0.25, -0.2) is 0 Å². The lowest BCUT2D eigenvalue weighted by Gasteiger charge is -1.98. The van der Waals surface area contributed by atoms with Gasteiger partial charge in [0.05, 0.1) is 5.33 Å². The van der Waals surface area contributed by atoms with E-state index >= 15 is 0 Å². The van der Waals surface area contributed by atoms with Gasteiger partial charge in [-0.15, -0.1) is 10.2 Å². The molecule has 1 aromatic rings. The lowest BCUT2D eigenvalue weighted by molar-refractivity contribution is 0.743. The number of aryl methyl sites for hydroxylation is 1. The van der Waals surface area contributed by atoms with Crippen LogP contribution in [0.3, 0.4) is 0 Å². The van der Waals surface area contributed by atoms with Gasteiger partial charge in [-0.1, -0.05) is 22.9 Å². The summed E-state index contributed by atoms with van der Waals surface area (Å²) in [6.07, 6.45) is 2.13. The number of aromatic nitrogens is 3. The lowest BCUT2D eigenvalue weighted by atomic mass is 10.3. The molecule has 0 aliphatic heterocycles. The van der Waals surface area contributed by atoms with E-state index in [-0.39, 0.29) is 0 Å². The van der Waals surface area contributed by atoms with E-state index in [1.807, 2.05) is 11.6 Å². The van der Waals surface area contributed by atoms with Crippen LogP contribution in [0, 0.1) is 0 Å². The third-order valence-corrected chi connectivity index (χ3v) is 2.15. The van der Waals surface area contributed by atoms with Crippen LogP contribution in [-0.4, -0.2) is 14.8 Å². The van der Waals surface area contributed by atoms with Crippen LogP contribution in [0.5, 0.6) is 0 Å². The van der Waals surface area contributed by atoms with E-state index < -0.39 is 0 Å². The first-order valence-electron chi connectivity index (χ1n) is 3.72. The van der Waals surface area contributed by atoms with E-state index in [1.165, 1.54) is 0 Å². The molecule has 0 fully saturated rings. The number of halogens is 1. The highest BCUT2D eigenvalue weighted by molar-refractivity contribution is 9.08. The molecule has 11 heavy (non-hydrogen) atoms. The summed E-state index contributed by atoms with van der Waals surface area (Å²) in [4.78, 5) is 0. The zero-order valence-electron chi connectivity index (χ0n) is 6.84. The molecule has 0 unspecified atom stereocenters. The van der Waals surface area contributed by atoms with Gasteiger partial charge in [-0.3, -0.25) is 0 Å². The van der Waals surface area contributed by atoms with Crippen molar-refractivity contribution in [1.82, 2.24) is 14.8 Å². The van der Waals surface area contributed by atoms with Crippen LogP contribution in [0.15, 0.2) is 0 Å². The molecule has 0 aliphatic carbocycles. The standard InChI is InChI=1S/C7H12BrN3/c1-3-4-6-9-10-7(5-8)11(6)2/h3-5H2,1-2H3. The largest absolute Gasteiger partial charge is 0.317 e. The maximum atomic E-state index is 4.06. The normalized spacial score (nSPS) is 10.5. The molecule has 3 nitrogen and oxygen atoms in total. The fourth-order valence-corrected chi connectivity index (χ4v) is 1.44. The van der Waals surface area contributed by atoms with Crippen molar-refractivity contribution >= 4 is 15.9 Å². The summed E-state index contributed by atoms with van der Waals surface area (Å²) in [5.41, 5.74) is 0. The molecular weight excluding hydrogens is 206 g/mol. The zero-order chi connectivity index (χ0) is 8.27. The Labute approximate surface area is 75.0 Å². The van der Waals surface area contributed by atoms with E-state index in [1.54, 1.807) is 0 Å². The van der Waals surface area contributed by atoms with Crippen molar-refractivity contribution in [3.8, 4) is 0 Å². The summed E-state index contributed by atoms with van der Waals surface area (Å²) in [7, 11) is 2.00. The summed E-state index contributed by atoms with van der Waals surface area (Å²) in [5, 5.41) is 8.86. The third-order valence-electron chi connectivity index (χ3n) is 1.65. The van der Waals surface area contributed by atoms with Crippen LogP contribution in [-0.2, 0) is 18.8 Å². The van der Waals surface area contributed by atoms with Crippen molar-refractivity contribution in [2.75, 3.05) is 0 Å². The third kappa shape index (κ3) is 1.80. The molecule has 1 aromatic heterocycles. The fraction of sp³-hybridized carbons (Fsp3) is 0.714. The van der Waals surface area contributed by atoms with Crippen molar-refractivity contribution in [2.24, 2.45) is 7.05 Å². The van der Waals surface area contributed by atoms with Crippen LogP contribution in [0.25, 0.3) is 0 Å². The van der Waals surface area contributed by atoms with E-state index in [4.69, 9.17) is 0 Å². The van der Waals surface area contributed by atoms with Gasteiger partial charge in [-0.2, -0.15) is 0 Å². The number of rotatable bonds is 3. The second-order valence-electron chi connectivity index (χ2n) is 2.48. The number of nitrogens with zero attached hydrogens (tertiary/aromatic N) is 3. The first-order chi connectivity index (χ1) is 5.29. The summed E-state index contributed by atoms with van der Waals surface area (Å²) >= 11 is 3.35. The Bertz CT molecular complexity index is 232. The maximum Gasteiger partial charge on any atom is 0.143 e. The second-order valence-corrected chi connectivity index (χ2v) is 3.04. The van der Waals surface area contributed by atoms with Gasteiger partial charge in [-0.05, 0) is 6.42 Å². The summed E-state index contributed by atoms with van der Waals surface area (Å²) < 4.78 is 2.04. The highest BCUT2D eigenvalue weighted by Gasteiger charge is 2.04. The fourth-order valence-electron chi connectivity index (χ4n) is 0.956. The Morgan fingerprint density at radius 1 is 1.36 bits per heavy atom. The minimum atomic E-state index is 0.778. The molecule has 1 heterocycles. The first kappa shape index (κ1) is 8.71. The molecule has 0 aromatic carbocycles. The predicted octanol–water partition coefficient (Wildman–Crippen LogP) is 1.66. The average molecular weight is 218 g/mol. The Morgan fingerprint density at radius 2 is 2.00 bits per heavy atom. The van der Waals surface area contributed by atoms with Gasteiger partial charge in [0.1, 0.15) is 11.6 Å².